The monoisotopic (exact) mass is 614 g/mol. The van der Waals surface area contributed by atoms with Gasteiger partial charge in [0, 0.05) is 50.3 Å². The van der Waals surface area contributed by atoms with Gasteiger partial charge in [0.2, 0.25) is 0 Å². The van der Waals surface area contributed by atoms with E-state index in [1.807, 2.05) is 36.3 Å². The van der Waals surface area contributed by atoms with Crippen molar-refractivity contribution in [1.29, 1.82) is 0 Å². The molecule has 10 nitrogen and oxygen atoms in total. The molecule has 12 heteroatoms. The molecule has 1 saturated carbocycles. The van der Waals surface area contributed by atoms with Crippen LogP contribution >= 0.6 is 0 Å². The SMILES string of the molecule is Cn1cc2ccc(COc3nc(N4CCC5(CC4)CC5c4nc5ccc(C(=O)O)cc5n4C[C@@H]4CCO4)c(F)cc3F)cc2n1. The van der Waals surface area contributed by atoms with Crippen LogP contribution in [-0.4, -0.2) is 61.2 Å². The standard InChI is InChI=1S/C33H32F2N6O4/c1-39-16-21-3-2-19(12-27(21)38-39)18-45-31-25(35)14-24(34)30(37-31)40-9-7-33(8-10-40)15-23(33)29-36-26-5-4-20(32(42)43)13-28(26)41(29)17-22-6-11-44-22/h2-5,12-14,16,22-23H,6-11,15,17-18H2,1H3,(H,42,43)/t22-,23?/m0/s1. The van der Waals surface area contributed by atoms with Crippen LogP contribution in [0.25, 0.3) is 21.9 Å². The predicted molar refractivity (Wildman–Crippen MR) is 161 cm³/mol. The van der Waals surface area contributed by atoms with E-state index in [0.29, 0.717) is 19.6 Å². The molecule has 2 atom stereocenters. The minimum absolute atomic E-state index is 0.0195. The Morgan fingerprint density at radius 3 is 2.67 bits per heavy atom. The molecule has 5 aromatic rings. The number of nitrogens with zero attached hydrogens (tertiary/aromatic N) is 6. The highest BCUT2D eigenvalue weighted by Gasteiger charge is 2.57. The summed E-state index contributed by atoms with van der Waals surface area (Å²) < 4.78 is 45.1. The minimum Gasteiger partial charge on any atom is -0.478 e. The number of carboxylic acids is 1. The Hall–Kier alpha value is -4.58. The summed E-state index contributed by atoms with van der Waals surface area (Å²) in [4.78, 5) is 22.8. The molecule has 3 aliphatic rings. The molecule has 0 amide bonds. The molecule has 5 heterocycles. The van der Waals surface area contributed by atoms with Gasteiger partial charge in [-0.25, -0.2) is 18.6 Å². The number of carbonyl (C=O) groups is 1. The van der Waals surface area contributed by atoms with Crippen LogP contribution in [0.15, 0.2) is 48.7 Å². The fraction of sp³-hybridized carbons (Fsp3) is 0.394. The number of rotatable bonds is 8. The molecule has 2 aliphatic heterocycles. The van der Waals surface area contributed by atoms with Crippen LogP contribution in [0.4, 0.5) is 14.6 Å². The third-order valence-electron chi connectivity index (χ3n) is 9.71. The van der Waals surface area contributed by atoms with Crippen molar-refractivity contribution in [2.75, 3.05) is 24.6 Å². The quantitative estimate of drug-likeness (QED) is 0.246. The number of ether oxygens (including phenoxy) is 2. The first-order valence-electron chi connectivity index (χ1n) is 15.3. The Morgan fingerprint density at radius 1 is 1.09 bits per heavy atom. The van der Waals surface area contributed by atoms with Gasteiger partial charge in [-0.15, -0.1) is 0 Å². The zero-order valence-electron chi connectivity index (χ0n) is 24.7. The molecule has 3 fully saturated rings. The third kappa shape index (κ3) is 4.97. The molecule has 45 heavy (non-hydrogen) atoms. The highest BCUT2D eigenvalue weighted by atomic mass is 19.1. The summed E-state index contributed by atoms with van der Waals surface area (Å²) in [5.74, 6) is -1.49. The molecule has 1 N–H and O–H groups in total. The van der Waals surface area contributed by atoms with Gasteiger partial charge in [0.1, 0.15) is 12.4 Å². The maximum absolute atomic E-state index is 15.0. The summed E-state index contributed by atoms with van der Waals surface area (Å²) >= 11 is 0. The number of aromatic carboxylic acids is 1. The van der Waals surface area contributed by atoms with Crippen LogP contribution in [0, 0.1) is 17.0 Å². The van der Waals surface area contributed by atoms with Gasteiger partial charge < -0.3 is 24.0 Å². The number of pyridine rings is 1. The second-order valence-corrected chi connectivity index (χ2v) is 12.5. The molecule has 0 bridgehead atoms. The van der Waals surface area contributed by atoms with Crippen LogP contribution < -0.4 is 9.64 Å². The molecule has 2 aromatic carbocycles. The Labute approximate surface area is 257 Å². The first-order chi connectivity index (χ1) is 21.8. The first-order valence-corrected chi connectivity index (χ1v) is 15.3. The number of aryl methyl sites for hydroxylation is 1. The van der Waals surface area contributed by atoms with E-state index in [-0.39, 0.29) is 41.3 Å². The lowest BCUT2D eigenvalue weighted by Crippen LogP contribution is -2.36. The number of hydrogen-bond donors (Lipinski definition) is 1. The van der Waals surface area contributed by atoms with Crippen molar-refractivity contribution in [1.82, 2.24) is 24.3 Å². The van der Waals surface area contributed by atoms with Crippen molar-refractivity contribution in [3.8, 4) is 5.88 Å². The normalized spacial score (nSPS) is 20.6. The number of imidazole rings is 1. The van der Waals surface area contributed by atoms with E-state index in [2.05, 4.69) is 14.6 Å². The van der Waals surface area contributed by atoms with Crippen molar-refractivity contribution in [2.45, 2.75) is 50.9 Å². The second-order valence-electron chi connectivity index (χ2n) is 12.5. The van der Waals surface area contributed by atoms with Crippen LogP contribution in [0.1, 0.15) is 53.3 Å². The number of halogens is 2. The number of fused-ring (bicyclic) bond motifs is 2. The van der Waals surface area contributed by atoms with Crippen LogP contribution in [0.2, 0.25) is 0 Å². The summed E-state index contributed by atoms with van der Waals surface area (Å²) in [6.07, 6.45) is 5.53. The van der Waals surface area contributed by atoms with E-state index < -0.39 is 17.6 Å². The number of carboxylic acid groups (broad SMARTS) is 1. The lowest BCUT2D eigenvalue weighted by molar-refractivity contribution is -0.0590. The van der Waals surface area contributed by atoms with Gasteiger partial charge in [0.05, 0.1) is 34.8 Å². The average molecular weight is 615 g/mol. The van der Waals surface area contributed by atoms with E-state index in [1.54, 1.807) is 22.9 Å². The summed E-state index contributed by atoms with van der Waals surface area (Å²) in [6, 6.07) is 11.6. The fourth-order valence-corrected chi connectivity index (χ4v) is 6.98. The Bertz CT molecular complexity index is 1960. The van der Waals surface area contributed by atoms with E-state index in [4.69, 9.17) is 14.5 Å². The van der Waals surface area contributed by atoms with Gasteiger partial charge in [-0.3, -0.25) is 4.68 Å². The molecule has 1 spiro atoms. The number of anilines is 1. The van der Waals surface area contributed by atoms with Crippen molar-refractivity contribution in [2.24, 2.45) is 12.5 Å². The summed E-state index contributed by atoms with van der Waals surface area (Å²) in [5.41, 5.74) is 3.45. The van der Waals surface area contributed by atoms with Gasteiger partial charge in [-0.1, -0.05) is 12.1 Å². The Balaban J connectivity index is 0.986. The number of benzene rings is 2. The van der Waals surface area contributed by atoms with Gasteiger partial charge >= 0.3 is 5.97 Å². The number of piperidine rings is 1. The topological polar surface area (TPSA) is 108 Å². The van der Waals surface area contributed by atoms with Crippen molar-refractivity contribution < 1.29 is 28.2 Å². The summed E-state index contributed by atoms with van der Waals surface area (Å²) in [7, 11) is 1.85. The largest absolute Gasteiger partial charge is 0.478 e. The lowest BCUT2D eigenvalue weighted by atomic mass is 9.90. The molecule has 1 aliphatic carbocycles. The Morgan fingerprint density at radius 2 is 1.91 bits per heavy atom. The van der Waals surface area contributed by atoms with Crippen LogP contribution in [0.3, 0.4) is 0 Å². The van der Waals surface area contributed by atoms with Gasteiger partial charge in [-0.05, 0) is 60.9 Å². The maximum atomic E-state index is 15.0. The predicted octanol–water partition coefficient (Wildman–Crippen LogP) is 5.44. The van der Waals surface area contributed by atoms with Crippen LogP contribution in [0.5, 0.6) is 5.88 Å². The van der Waals surface area contributed by atoms with Gasteiger partial charge in [-0.2, -0.15) is 10.1 Å². The van der Waals surface area contributed by atoms with Gasteiger partial charge in [0.15, 0.2) is 17.5 Å². The zero-order chi connectivity index (χ0) is 30.9. The maximum Gasteiger partial charge on any atom is 0.335 e. The van der Waals surface area contributed by atoms with Gasteiger partial charge in [0.25, 0.3) is 5.88 Å². The summed E-state index contributed by atoms with van der Waals surface area (Å²) in [5, 5.41) is 15.0. The number of hydrogen-bond acceptors (Lipinski definition) is 7. The highest BCUT2D eigenvalue weighted by Crippen LogP contribution is 2.65. The lowest BCUT2D eigenvalue weighted by Gasteiger charge is -2.34. The van der Waals surface area contributed by atoms with E-state index in [9.17, 15) is 14.3 Å². The van der Waals surface area contributed by atoms with Crippen molar-refractivity contribution >= 4 is 33.7 Å². The van der Waals surface area contributed by atoms with Crippen LogP contribution in [-0.2, 0) is 24.9 Å². The molecule has 1 unspecified atom stereocenters. The smallest absolute Gasteiger partial charge is 0.335 e. The van der Waals surface area contributed by atoms with E-state index in [1.165, 1.54) is 0 Å². The molecule has 2 saturated heterocycles. The highest BCUT2D eigenvalue weighted by molar-refractivity contribution is 5.92. The molecular weight excluding hydrogens is 582 g/mol. The second kappa shape index (κ2) is 10.5. The van der Waals surface area contributed by atoms with E-state index >= 15 is 4.39 Å². The first kappa shape index (κ1) is 27.9. The van der Waals surface area contributed by atoms with Crippen molar-refractivity contribution in [3.05, 3.63) is 77.2 Å². The summed E-state index contributed by atoms with van der Waals surface area (Å²) in [6.45, 7) is 2.58. The molecular formula is C33H32F2N6O4. The molecule has 8 rings (SSSR count). The number of aromatic nitrogens is 5. The fourth-order valence-electron chi connectivity index (χ4n) is 6.98. The molecule has 3 aromatic heterocycles. The zero-order valence-corrected chi connectivity index (χ0v) is 24.7. The molecule has 0 radical (unpaired) electrons. The van der Waals surface area contributed by atoms with Crippen molar-refractivity contribution in [3.63, 3.8) is 0 Å². The third-order valence-corrected chi connectivity index (χ3v) is 9.71. The average Bonchev–Trinajstić information content (AvgIpc) is 3.36. The Kier molecular flexibility index (Phi) is 6.52. The van der Waals surface area contributed by atoms with E-state index in [0.717, 1.165) is 71.7 Å². The molecule has 232 valence electrons. The minimum atomic E-state index is -0.970.